The van der Waals surface area contributed by atoms with Gasteiger partial charge in [-0.1, -0.05) is 25.4 Å². The highest BCUT2D eigenvalue weighted by molar-refractivity contribution is 6.30. The number of methoxy groups -OCH3 is 2. The van der Waals surface area contributed by atoms with Gasteiger partial charge in [-0.05, 0) is 30.0 Å². The van der Waals surface area contributed by atoms with E-state index in [9.17, 15) is 4.79 Å². The fraction of sp³-hybridized carbons (Fsp3) is 0.533. The Hall–Kier alpha value is -1.26. The van der Waals surface area contributed by atoms with Crippen LogP contribution in [-0.4, -0.2) is 20.2 Å². The van der Waals surface area contributed by atoms with Crippen molar-refractivity contribution in [2.24, 2.45) is 11.1 Å². The van der Waals surface area contributed by atoms with Gasteiger partial charge in [-0.2, -0.15) is 0 Å². The van der Waals surface area contributed by atoms with Gasteiger partial charge >= 0.3 is 5.97 Å². The maximum Gasteiger partial charge on any atom is 0.306 e. The van der Waals surface area contributed by atoms with Gasteiger partial charge in [0.25, 0.3) is 0 Å². The van der Waals surface area contributed by atoms with Gasteiger partial charge in [0, 0.05) is 16.6 Å². The molecule has 0 spiro atoms. The third-order valence-electron chi connectivity index (χ3n) is 3.21. The lowest BCUT2D eigenvalue weighted by atomic mass is 9.81. The van der Waals surface area contributed by atoms with E-state index in [0.717, 1.165) is 5.56 Å². The van der Waals surface area contributed by atoms with E-state index in [1.165, 1.54) is 7.11 Å². The summed E-state index contributed by atoms with van der Waals surface area (Å²) >= 11 is 6.01. The molecule has 0 saturated carbocycles. The van der Waals surface area contributed by atoms with Gasteiger partial charge in [0.15, 0.2) is 0 Å². The Morgan fingerprint density at radius 3 is 2.60 bits per heavy atom. The lowest BCUT2D eigenvalue weighted by molar-refractivity contribution is -0.143. The smallest absolute Gasteiger partial charge is 0.306 e. The Kier molecular flexibility index (Phi) is 5.84. The van der Waals surface area contributed by atoms with Crippen LogP contribution < -0.4 is 10.5 Å². The quantitative estimate of drug-likeness (QED) is 0.819. The third-order valence-corrected chi connectivity index (χ3v) is 3.45. The number of benzene rings is 1. The molecular formula is C15H22ClNO3. The van der Waals surface area contributed by atoms with Crippen LogP contribution in [0, 0.1) is 5.41 Å². The van der Waals surface area contributed by atoms with Gasteiger partial charge < -0.3 is 15.2 Å². The molecule has 1 aromatic rings. The van der Waals surface area contributed by atoms with E-state index in [1.807, 2.05) is 13.8 Å². The number of nitrogens with two attached hydrogens (primary N) is 1. The Labute approximate surface area is 125 Å². The van der Waals surface area contributed by atoms with Gasteiger partial charge in [-0.3, -0.25) is 4.79 Å². The van der Waals surface area contributed by atoms with Crippen molar-refractivity contribution in [1.82, 2.24) is 0 Å². The SMILES string of the molecule is COC(=O)CC(C)(C)CC(N)c1cc(Cl)ccc1OC. The maximum atomic E-state index is 11.4. The predicted molar refractivity (Wildman–Crippen MR) is 80.0 cm³/mol. The van der Waals surface area contributed by atoms with E-state index < -0.39 is 0 Å². The van der Waals surface area contributed by atoms with Crippen molar-refractivity contribution in [3.05, 3.63) is 28.8 Å². The molecular weight excluding hydrogens is 278 g/mol. The standard InChI is InChI=1S/C15H22ClNO3/c1-15(2,9-14(18)20-4)8-12(17)11-7-10(16)5-6-13(11)19-3/h5-7,12H,8-9,17H2,1-4H3. The molecule has 5 heteroatoms. The first-order chi connectivity index (χ1) is 9.29. The summed E-state index contributed by atoms with van der Waals surface area (Å²) in [6.07, 6.45) is 0.943. The van der Waals surface area contributed by atoms with E-state index in [-0.39, 0.29) is 17.4 Å². The van der Waals surface area contributed by atoms with Crippen molar-refractivity contribution < 1.29 is 14.3 Å². The second-order valence-corrected chi connectivity index (χ2v) is 6.05. The van der Waals surface area contributed by atoms with Crippen LogP contribution >= 0.6 is 11.6 Å². The molecule has 0 aliphatic rings. The topological polar surface area (TPSA) is 61.5 Å². The first-order valence-corrected chi connectivity index (χ1v) is 6.82. The van der Waals surface area contributed by atoms with Gasteiger partial charge in [0.2, 0.25) is 0 Å². The van der Waals surface area contributed by atoms with Crippen LogP contribution in [0.15, 0.2) is 18.2 Å². The zero-order chi connectivity index (χ0) is 15.3. The second-order valence-electron chi connectivity index (χ2n) is 5.61. The number of hydrogen-bond acceptors (Lipinski definition) is 4. The molecule has 0 aliphatic heterocycles. The largest absolute Gasteiger partial charge is 0.496 e. The molecule has 20 heavy (non-hydrogen) atoms. The third kappa shape index (κ3) is 4.69. The highest BCUT2D eigenvalue weighted by Gasteiger charge is 2.27. The molecule has 1 atom stereocenters. The van der Waals surface area contributed by atoms with E-state index in [2.05, 4.69) is 0 Å². The average Bonchev–Trinajstić information content (AvgIpc) is 2.37. The lowest BCUT2D eigenvalue weighted by Crippen LogP contribution is -2.25. The summed E-state index contributed by atoms with van der Waals surface area (Å²) in [5, 5.41) is 0.613. The molecule has 112 valence electrons. The Morgan fingerprint density at radius 2 is 2.05 bits per heavy atom. The van der Waals surface area contributed by atoms with E-state index in [0.29, 0.717) is 23.6 Å². The number of carbonyl (C=O) groups excluding carboxylic acids is 1. The molecule has 1 unspecified atom stereocenters. The highest BCUT2D eigenvalue weighted by Crippen LogP contribution is 2.36. The molecule has 2 N–H and O–H groups in total. The molecule has 0 aliphatic carbocycles. The zero-order valence-corrected chi connectivity index (χ0v) is 13.2. The van der Waals surface area contributed by atoms with Crippen molar-refractivity contribution in [3.8, 4) is 5.75 Å². The molecule has 0 radical (unpaired) electrons. The van der Waals surface area contributed by atoms with Gasteiger partial charge in [-0.25, -0.2) is 0 Å². The normalized spacial score (nSPS) is 12.9. The predicted octanol–water partition coefficient (Wildman–Crippen LogP) is 3.33. The molecule has 4 nitrogen and oxygen atoms in total. The lowest BCUT2D eigenvalue weighted by Gasteiger charge is -2.27. The monoisotopic (exact) mass is 299 g/mol. The minimum absolute atomic E-state index is 0.236. The van der Waals surface area contributed by atoms with Crippen molar-refractivity contribution in [2.45, 2.75) is 32.7 Å². The minimum Gasteiger partial charge on any atom is -0.496 e. The molecule has 0 heterocycles. The first-order valence-electron chi connectivity index (χ1n) is 6.45. The van der Waals surface area contributed by atoms with Gasteiger partial charge in [-0.15, -0.1) is 0 Å². The molecule has 0 amide bonds. The molecule has 0 aromatic heterocycles. The van der Waals surface area contributed by atoms with Crippen LogP contribution in [0.2, 0.25) is 5.02 Å². The Balaban J connectivity index is 2.87. The first kappa shape index (κ1) is 16.8. The summed E-state index contributed by atoms with van der Waals surface area (Å²) in [5.74, 6) is 0.469. The molecule has 1 rings (SSSR count). The van der Waals surface area contributed by atoms with Gasteiger partial charge in [0.1, 0.15) is 5.75 Å². The van der Waals surface area contributed by atoms with Crippen molar-refractivity contribution in [2.75, 3.05) is 14.2 Å². The average molecular weight is 300 g/mol. The summed E-state index contributed by atoms with van der Waals surface area (Å²) < 4.78 is 10.0. The van der Waals surface area contributed by atoms with E-state index in [1.54, 1.807) is 25.3 Å². The van der Waals surface area contributed by atoms with Crippen molar-refractivity contribution in [3.63, 3.8) is 0 Å². The zero-order valence-electron chi connectivity index (χ0n) is 12.4. The van der Waals surface area contributed by atoms with Crippen LogP contribution in [-0.2, 0) is 9.53 Å². The van der Waals surface area contributed by atoms with E-state index in [4.69, 9.17) is 26.8 Å². The highest BCUT2D eigenvalue weighted by atomic mass is 35.5. The van der Waals surface area contributed by atoms with Crippen LogP contribution in [0.1, 0.15) is 38.3 Å². The van der Waals surface area contributed by atoms with Crippen LogP contribution in [0.3, 0.4) is 0 Å². The Morgan fingerprint density at radius 1 is 1.40 bits per heavy atom. The summed E-state index contributed by atoms with van der Waals surface area (Å²) in [7, 11) is 2.98. The minimum atomic E-state index is -0.264. The maximum absolute atomic E-state index is 11.4. The summed E-state index contributed by atoms with van der Waals surface area (Å²) in [6, 6.07) is 5.10. The van der Waals surface area contributed by atoms with Crippen LogP contribution in [0.25, 0.3) is 0 Å². The van der Waals surface area contributed by atoms with Crippen molar-refractivity contribution in [1.29, 1.82) is 0 Å². The fourth-order valence-corrected chi connectivity index (χ4v) is 2.42. The summed E-state index contributed by atoms with van der Waals surface area (Å²) in [4.78, 5) is 11.4. The number of esters is 1. The number of ether oxygens (including phenoxy) is 2. The second kappa shape index (κ2) is 6.95. The molecule has 0 bridgehead atoms. The summed E-state index contributed by atoms with van der Waals surface area (Å²) in [5.41, 5.74) is 6.83. The Bertz CT molecular complexity index is 474. The molecule has 0 saturated heterocycles. The van der Waals surface area contributed by atoms with Crippen LogP contribution in [0.5, 0.6) is 5.75 Å². The van der Waals surface area contributed by atoms with Gasteiger partial charge in [0.05, 0.1) is 20.6 Å². The van der Waals surface area contributed by atoms with Crippen molar-refractivity contribution >= 4 is 17.6 Å². The number of rotatable bonds is 6. The van der Waals surface area contributed by atoms with E-state index >= 15 is 0 Å². The molecule has 1 aromatic carbocycles. The molecule has 0 fully saturated rings. The number of hydrogen-bond donors (Lipinski definition) is 1. The summed E-state index contributed by atoms with van der Waals surface area (Å²) in [6.45, 7) is 3.97. The fourth-order valence-electron chi connectivity index (χ4n) is 2.24. The number of carbonyl (C=O) groups is 1. The van der Waals surface area contributed by atoms with Crippen LogP contribution in [0.4, 0.5) is 0 Å². The number of halogens is 1.